The summed E-state index contributed by atoms with van der Waals surface area (Å²) in [5.41, 5.74) is 2.40. The van der Waals surface area contributed by atoms with Crippen molar-refractivity contribution in [1.29, 1.82) is 0 Å². The van der Waals surface area contributed by atoms with E-state index in [0.717, 1.165) is 11.4 Å². The second-order valence-electron chi connectivity index (χ2n) is 7.50. The number of anilines is 2. The predicted molar refractivity (Wildman–Crippen MR) is 121 cm³/mol. The second kappa shape index (κ2) is 9.13. The molecular formula is C22H26N4O2S. The maximum atomic E-state index is 12.9. The summed E-state index contributed by atoms with van der Waals surface area (Å²) < 4.78 is 1.68. The van der Waals surface area contributed by atoms with Gasteiger partial charge in [-0.3, -0.25) is 14.2 Å². The van der Waals surface area contributed by atoms with Gasteiger partial charge in [0.25, 0.3) is 5.56 Å². The summed E-state index contributed by atoms with van der Waals surface area (Å²) in [5, 5.41) is 4.07. The Kier molecular flexibility index (Phi) is 6.59. The number of nitrogens with zero attached hydrogens (tertiary/aromatic N) is 3. The molecule has 1 aromatic heterocycles. The average molecular weight is 411 g/mol. The number of aromatic nitrogens is 2. The predicted octanol–water partition coefficient (Wildman–Crippen LogP) is 3.85. The summed E-state index contributed by atoms with van der Waals surface area (Å²) in [6, 6.07) is 15.0. The standard InChI is InChI=1S/C22H26N4O2S/c1-15(2)13-26-21(28)18-7-5-6-8-19(18)24-22(26)29-14-20(27)23-16-9-11-17(12-10-16)25(3)4/h5-12,15H,13-14H2,1-4H3,(H,23,27). The van der Waals surface area contributed by atoms with Crippen LogP contribution in [-0.2, 0) is 11.3 Å². The molecule has 0 aliphatic carbocycles. The summed E-state index contributed by atoms with van der Waals surface area (Å²) in [4.78, 5) is 32.0. The molecule has 7 heteroatoms. The topological polar surface area (TPSA) is 67.2 Å². The quantitative estimate of drug-likeness (QED) is 0.473. The Hall–Kier alpha value is -2.80. The third-order valence-electron chi connectivity index (χ3n) is 4.37. The van der Waals surface area contributed by atoms with Crippen LogP contribution in [0.25, 0.3) is 10.9 Å². The molecule has 1 heterocycles. The van der Waals surface area contributed by atoms with Crippen LogP contribution in [0.2, 0.25) is 0 Å². The number of para-hydroxylation sites is 1. The molecule has 0 aliphatic rings. The smallest absolute Gasteiger partial charge is 0.262 e. The minimum Gasteiger partial charge on any atom is -0.378 e. The lowest BCUT2D eigenvalue weighted by molar-refractivity contribution is -0.113. The van der Waals surface area contributed by atoms with E-state index < -0.39 is 0 Å². The van der Waals surface area contributed by atoms with Crippen LogP contribution < -0.4 is 15.8 Å². The summed E-state index contributed by atoms with van der Waals surface area (Å²) in [6.45, 7) is 4.67. The zero-order chi connectivity index (χ0) is 21.0. The van der Waals surface area contributed by atoms with Gasteiger partial charge < -0.3 is 10.2 Å². The van der Waals surface area contributed by atoms with Crippen molar-refractivity contribution in [1.82, 2.24) is 9.55 Å². The minimum atomic E-state index is -0.133. The lowest BCUT2D eigenvalue weighted by atomic mass is 10.2. The highest BCUT2D eigenvalue weighted by Gasteiger charge is 2.14. The van der Waals surface area contributed by atoms with Crippen LogP contribution in [0.3, 0.4) is 0 Å². The van der Waals surface area contributed by atoms with E-state index in [4.69, 9.17) is 0 Å². The number of amides is 1. The van der Waals surface area contributed by atoms with Gasteiger partial charge in [0.05, 0.1) is 16.7 Å². The molecule has 0 unspecified atom stereocenters. The highest BCUT2D eigenvalue weighted by Crippen LogP contribution is 2.20. The number of carbonyl (C=O) groups is 1. The lowest BCUT2D eigenvalue weighted by Gasteiger charge is -2.15. The SMILES string of the molecule is CC(C)Cn1c(SCC(=O)Nc2ccc(N(C)C)cc2)nc2ccccc2c1=O. The van der Waals surface area contributed by atoms with Crippen molar-refractivity contribution in [3.63, 3.8) is 0 Å². The minimum absolute atomic E-state index is 0.0634. The van der Waals surface area contributed by atoms with E-state index in [2.05, 4.69) is 24.1 Å². The Balaban J connectivity index is 1.76. The maximum absolute atomic E-state index is 12.9. The number of rotatable bonds is 7. The molecule has 0 spiro atoms. The van der Waals surface area contributed by atoms with Gasteiger partial charge >= 0.3 is 0 Å². The molecule has 0 saturated heterocycles. The molecule has 0 bridgehead atoms. The van der Waals surface area contributed by atoms with Crippen molar-refractivity contribution in [3.8, 4) is 0 Å². The van der Waals surface area contributed by atoms with Crippen molar-refractivity contribution >= 4 is 39.9 Å². The van der Waals surface area contributed by atoms with Crippen molar-refractivity contribution in [2.45, 2.75) is 25.5 Å². The first-order chi connectivity index (χ1) is 13.8. The lowest BCUT2D eigenvalue weighted by Crippen LogP contribution is -2.26. The molecule has 6 nitrogen and oxygen atoms in total. The molecule has 29 heavy (non-hydrogen) atoms. The summed E-state index contributed by atoms with van der Waals surface area (Å²) in [6.07, 6.45) is 0. The van der Waals surface area contributed by atoms with Gasteiger partial charge in [-0.1, -0.05) is 37.7 Å². The molecule has 1 amide bonds. The summed E-state index contributed by atoms with van der Waals surface area (Å²) >= 11 is 1.29. The molecule has 3 rings (SSSR count). The van der Waals surface area contributed by atoms with Gasteiger partial charge in [0, 0.05) is 32.0 Å². The van der Waals surface area contributed by atoms with E-state index >= 15 is 0 Å². The number of hydrogen-bond donors (Lipinski definition) is 1. The molecule has 2 aromatic carbocycles. The van der Waals surface area contributed by atoms with Crippen LogP contribution in [-0.4, -0.2) is 35.3 Å². The molecule has 0 radical (unpaired) electrons. The molecule has 152 valence electrons. The number of fused-ring (bicyclic) bond motifs is 1. The molecule has 0 saturated carbocycles. The van der Waals surface area contributed by atoms with Crippen LogP contribution >= 0.6 is 11.8 Å². The normalized spacial score (nSPS) is 11.1. The fourth-order valence-electron chi connectivity index (χ4n) is 2.95. The van der Waals surface area contributed by atoms with Crippen molar-refractivity contribution in [2.75, 3.05) is 30.1 Å². The third kappa shape index (κ3) is 5.17. The monoisotopic (exact) mass is 410 g/mol. The van der Waals surface area contributed by atoms with Crippen molar-refractivity contribution in [2.24, 2.45) is 5.92 Å². The highest BCUT2D eigenvalue weighted by molar-refractivity contribution is 7.99. The van der Waals surface area contributed by atoms with Gasteiger partial charge in [-0.05, 0) is 42.3 Å². The van der Waals surface area contributed by atoms with Crippen LogP contribution in [0.5, 0.6) is 0 Å². The van der Waals surface area contributed by atoms with Gasteiger partial charge in [0.1, 0.15) is 0 Å². The molecule has 0 fully saturated rings. The van der Waals surface area contributed by atoms with Crippen LogP contribution in [0.15, 0.2) is 58.5 Å². The first-order valence-electron chi connectivity index (χ1n) is 9.54. The Morgan fingerprint density at radius 2 is 1.83 bits per heavy atom. The zero-order valence-electron chi connectivity index (χ0n) is 17.2. The van der Waals surface area contributed by atoms with E-state index in [1.165, 1.54) is 11.8 Å². The highest BCUT2D eigenvalue weighted by atomic mass is 32.2. The molecular weight excluding hydrogens is 384 g/mol. The number of nitrogens with one attached hydrogen (secondary N) is 1. The average Bonchev–Trinajstić information content (AvgIpc) is 2.69. The van der Waals surface area contributed by atoms with Gasteiger partial charge in [-0.2, -0.15) is 0 Å². The molecule has 3 aromatic rings. The van der Waals surface area contributed by atoms with E-state index in [-0.39, 0.29) is 17.2 Å². The fraction of sp³-hybridized carbons (Fsp3) is 0.318. The van der Waals surface area contributed by atoms with Gasteiger partial charge in [0.15, 0.2) is 5.16 Å². The van der Waals surface area contributed by atoms with E-state index in [0.29, 0.717) is 28.5 Å². The van der Waals surface area contributed by atoms with Crippen LogP contribution in [0.1, 0.15) is 13.8 Å². The zero-order valence-corrected chi connectivity index (χ0v) is 18.0. The first kappa shape index (κ1) is 20.9. The molecule has 0 aliphatic heterocycles. The fourth-order valence-corrected chi connectivity index (χ4v) is 3.76. The van der Waals surface area contributed by atoms with Gasteiger partial charge in [-0.15, -0.1) is 0 Å². The largest absolute Gasteiger partial charge is 0.378 e. The second-order valence-corrected chi connectivity index (χ2v) is 8.44. The number of hydrogen-bond acceptors (Lipinski definition) is 5. The molecule has 0 atom stereocenters. The van der Waals surface area contributed by atoms with E-state index in [1.807, 2.05) is 61.5 Å². The Bertz CT molecular complexity index is 1060. The number of benzene rings is 2. The summed E-state index contributed by atoms with van der Waals surface area (Å²) in [7, 11) is 3.94. The van der Waals surface area contributed by atoms with Crippen molar-refractivity contribution < 1.29 is 4.79 Å². The van der Waals surface area contributed by atoms with Crippen LogP contribution in [0.4, 0.5) is 11.4 Å². The molecule has 1 N–H and O–H groups in total. The van der Waals surface area contributed by atoms with Crippen molar-refractivity contribution in [3.05, 3.63) is 58.9 Å². The maximum Gasteiger partial charge on any atom is 0.262 e. The Labute approximate surface area is 174 Å². The van der Waals surface area contributed by atoms with Crippen LogP contribution in [0, 0.1) is 5.92 Å². The Morgan fingerprint density at radius 1 is 1.14 bits per heavy atom. The van der Waals surface area contributed by atoms with E-state index in [1.54, 1.807) is 10.6 Å². The number of thioether (sulfide) groups is 1. The van der Waals surface area contributed by atoms with E-state index in [9.17, 15) is 9.59 Å². The first-order valence-corrected chi connectivity index (χ1v) is 10.5. The third-order valence-corrected chi connectivity index (χ3v) is 5.35. The summed E-state index contributed by atoms with van der Waals surface area (Å²) in [5.74, 6) is 0.336. The number of carbonyl (C=O) groups excluding carboxylic acids is 1. The van der Waals surface area contributed by atoms with Gasteiger partial charge in [-0.25, -0.2) is 4.98 Å². The Morgan fingerprint density at radius 3 is 2.48 bits per heavy atom. The van der Waals surface area contributed by atoms with Gasteiger partial charge in [0.2, 0.25) is 5.91 Å².